The van der Waals surface area contributed by atoms with Gasteiger partial charge in [-0.25, -0.2) is 0 Å². The van der Waals surface area contributed by atoms with E-state index in [1.807, 2.05) is 49.5 Å². The average molecular weight is 268 g/mol. The van der Waals surface area contributed by atoms with Gasteiger partial charge in [-0.2, -0.15) is 0 Å². The highest BCUT2D eigenvalue weighted by Crippen LogP contribution is 2.44. The largest absolute Gasteiger partial charge is 0.351 e. The molecule has 2 aromatic carbocycles. The van der Waals surface area contributed by atoms with Gasteiger partial charge in [-0.15, -0.1) is 0 Å². The Morgan fingerprint density at radius 1 is 1.10 bits per heavy atom. The number of carbonyl (C=O) groups is 1. The highest BCUT2D eigenvalue weighted by molar-refractivity contribution is 6.07. The second kappa shape index (κ2) is 5.25. The highest BCUT2D eigenvalue weighted by Gasteiger charge is 2.41. The van der Waals surface area contributed by atoms with Crippen LogP contribution in [0.15, 0.2) is 42.5 Å². The van der Waals surface area contributed by atoms with Gasteiger partial charge in [0, 0.05) is 24.1 Å². The molecule has 0 saturated heterocycles. The minimum atomic E-state index is 0.0316. The van der Waals surface area contributed by atoms with Crippen molar-refractivity contribution < 1.29 is 4.79 Å². The smallest absolute Gasteiger partial charge is 0.251 e. The van der Waals surface area contributed by atoms with Crippen LogP contribution in [0.4, 0.5) is 0 Å². The summed E-state index contributed by atoms with van der Waals surface area (Å²) in [6.07, 6.45) is 2.40. The lowest BCUT2D eigenvalue weighted by Crippen LogP contribution is -2.34. The number of carbonyl (C=O) groups excluding carboxylic acids is 1. The summed E-state index contributed by atoms with van der Waals surface area (Å²) in [6, 6.07) is 13.9. The number of rotatable bonds is 5. The van der Waals surface area contributed by atoms with Gasteiger partial charge in [0.05, 0.1) is 0 Å². The number of hydrogen-bond donors (Lipinski definition) is 2. The Kier molecular flexibility index (Phi) is 3.45. The van der Waals surface area contributed by atoms with Crippen molar-refractivity contribution in [2.24, 2.45) is 5.41 Å². The summed E-state index contributed by atoms with van der Waals surface area (Å²) in [5, 5.41) is 8.44. The van der Waals surface area contributed by atoms with E-state index < -0.39 is 0 Å². The van der Waals surface area contributed by atoms with Crippen LogP contribution in [0.25, 0.3) is 10.8 Å². The Balaban J connectivity index is 1.76. The molecular formula is C17H20N2O. The van der Waals surface area contributed by atoms with Crippen molar-refractivity contribution in [3.63, 3.8) is 0 Å². The van der Waals surface area contributed by atoms with E-state index >= 15 is 0 Å². The number of amides is 1. The maximum absolute atomic E-state index is 12.4. The van der Waals surface area contributed by atoms with Crippen LogP contribution in [0, 0.1) is 5.41 Å². The van der Waals surface area contributed by atoms with Gasteiger partial charge in [-0.1, -0.05) is 36.4 Å². The van der Waals surface area contributed by atoms with E-state index in [2.05, 4.69) is 10.6 Å². The fourth-order valence-corrected chi connectivity index (χ4v) is 2.75. The first-order valence-electron chi connectivity index (χ1n) is 7.15. The second-order valence-electron chi connectivity index (χ2n) is 5.74. The van der Waals surface area contributed by atoms with E-state index in [9.17, 15) is 4.79 Å². The molecule has 0 bridgehead atoms. The van der Waals surface area contributed by atoms with Crippen LogP contribution in [0.3, 0.4) is 0 Å². The average Bonchev–Trinajstić information content (AvgIpc) is 3.25. The number of nitrogens with one attached hydrogen (secondary N) is 2. The quantitative estimate of drug-likeness (QED) is 0.875. The molecule has 1 aliphatic carbocycles. The number of benzene rings is 2. The van der Waals surface area contributed by atoms with Crippen molar-refractivity contribution in [2.75, 3.05) is 20.1 Å². The summed E-state index contributed by atoms with van der Waals surface area (Å²) in [7, 11) is 1.96. The third-order valence-electron chi connectivity index (χ3n) is 4.17. The Bertz CT molecular complexity index is 626. The fraction of sp³-hybridized carbons (Fsp3) is 0.353. The first kappa shape index (κ1) is 13.1. The first-order chi connectivity index (χ1) is 9.74. The summed E-state index contributed by atoms with van der Waals surface area (Å²) >= 11 is 0. The predicted octanol–water partition coefficient (Wildman–Crippen LogP) is 2.57. The summed E-state index contributed by atoms with van der Waals surface area (Å²) in [4.78, 5) is 12.4. The van der Waals surface area contributed by atoms with Crippen LogP contribution < -0.4 is 10.6 Å². The lowest BCUT2D eigenvalue weighted by molar-refractivity contribution is 0.0946. The third kappa shape index (κ3) is 2.54. The molecule has 3 heteroatoms. The van der Waals surface area contributed by atoms with Gasteiger partial charge >= 0.3 is 0 Å². The van der Waals surface area contributed by atoms with Gasteiger partial charge < -0.3 is 10.6 Å². The molecule has 3 nitrogen and oxygen atoms in total. The van der Waals surface area contributed by atoms with E-state index in [0.717, 1.165) is 29.4 Å². The lowest BCUT2D eigenvalue weighted by Gasteiger charge is -2.16. The van der Waals surface area contributed by atoms with Gasteiger partial charge in [-0.05, 0) is 36.7 Å². The van der Waals surface area contributed by atoms with Gasteiger partial charge in [-0.3, -0.25) is 4.79 Å². The molecule has 0 radical (unpaired) electrons. The second-order valence-corrected chi connectivity index (χ2v) is 5.74. The van der Waals surface area contributed by atoms with Crippen molar-refractivity contribution in [3.05, 3.63) is 48.0 Å². The highest BCUT2D eigenvalue weighted by atomic mass is 16.1. The van der Waals surface area contributed by atoms with Crippen molar-refractivity contribution in [2.45, 2.75) is 12.8 Å². The molecule has 1 fully saturated rings. The number of fused-ring (bicyclic) bond motifs is 1. The Morgan fingerprint density at radius 2 is 1.85 bits per heavy atom. The maximum Gasteiger partial charge on any atom is 0.251 e. The number of hydrogen-bond acceptors (Lipinski definition) is 2. The van der Waals surface area contributed by atoms with Crippen molar-refractivity contribution >= 4 is 16.7 Å². The lowest BCUT2D eigenvalue weighted by atomic mass is 10.0. The molecule has 1 aliphatic rings. The van der Waals surface area contributed by atoms with Crippen molar-refractivity contribution in [3.8, 4) is 0 Å². The zero-order valence-corrected chi connectivity index (χ0v) is 11.8. The minimum absolute atomic E-state index is 0.0316. The minimum Gasteiger partial charge on any atom is -0.351 e. The van der Waals surface area contributed by atoms with Crippen LogP contribution in [-0.4, -0.2) is 26.0 Å². The molecule has 0 aromatic heterocycles. The van der Waals surface area contributed by atoms with E-state index in [0.29, 0.717) is 0 Å². The molecule has 0 spiro atoms. The van der Waals surface area contributed by atoms with Gasteiger partial charge in [0.2, 0.25) is 0 Å². The fourth-order valence-electron chi connectivity index (χ4n) is 2.75. The Morgan fingerprint density at radius 3 is 2.60 bits per heavy atom. The SMILES string of the molecule is CNCC1(CNC(=O)c2cccc3ccccc23)CC1. The Hall–Kier alpha value is -1.87. The molecule has 2 aromatic rings. The molecular weight excluding hydrogens is 248 g/mol. The van der Waals surface area contributed by atoms with E-state index in [-0.39, 0.29) is 11.3 Å². The van der Waals surface area contributed by atoms with Crippen LogP contribution in [-0.2, 0) is 0 Å². The van der Waals surface area contributed by atoms with Crippen LogP contribution in [0.1, 0.15) is 23.2 Å². The summed E-state index contributed by atoms with van der Waals surface area (Å²) in [5.74, 6) is 0.0316. The van der Waals surface area contributed by atoms with E-state index in [1.54, 1.807) is 0 Å². The summed E-state index contributed by atoms with van der Waals surface area (Å²) < 4.78 is 0. The normalized spacial score (nSPS) is 16.1. The molecule has 20 heavy (non-hydrogen) atoms. The molecule has 1 amide bonds. The zero-order valence-electron chi connectivity index (χ0n) is 11.8. The molecule has 104 valence electrons. The molecule has 0 unspecified atom stereocenters. The molecule has 0 heterocycles. The summed E-state index contributed by atoms with van der Waals surface area (Å²) in [6.45, 7) is 1.73. The monoisotopic (exact) mass is 268 g/mol. The standard InChI is InChI=1S/C17H20N2O/c1-18-11-17(9-10-17)12-19-16(20)15-8-4-6-13-5-2-3-7-14(13)15/h2-8,18H,9-12H2,1H3,(H,19,20). The van der Waals surface area contributed by atoms with Crippen molar-refractivity contribution in [1.29, 1.82) is 0 Å². The molecule has 0 atom stereocenters. The van der Waals surface area contributed by atoms with Gasteiger partial charge in [0.25, 0.3) is 5.91 Å². The van der Waals surface area contributed by atoms with Crippen molar-refractivity contribution in [1.82, 2.24) is 10.6 Å². The predicted molar refractivity (Wildman–Crippen MR) is 81.9 cm³/mol. The molecule has 1 saturated carbocycles. The van der Waals surface area contributed by atoms with Gasteiger partial charge in [0.1, 0.15) is 0 Å². The van der Waals surface area contributed by atoms with Crippen LogP contribution in [0.5, 0.6) is 0 Å². The summed E-state index contributed by atoms with van der Waals surface area (Å²) in [5.41, 5.74) is 1.05. The molecule has 0 aliphatic heterocycles. The van der Waals surface area contributed by atoms with Crippen LogP contribution >= 0.6 is 0 Å². The van der Waals surface area contributed by atoms with Crippen LogP contribution in [0.2, 0.25) is 0 Å². The topological polar surface area (TPSA) is 41.1 Å². The Labute approximate surface area is 119 Å². The molecule has 3 rings (SSSR count). The van der Waals surface area contributed by atoms with Gasteiger partial charge in [0.15, 0.2) is 0 Å². The van der Waals surface area contributed by atoms with E-state index in [4.69, 9.17) is 0 Å². The maximum atomic E-state index is 12.4. The third-order valence-corrected chi connectivity index (χ3v) is 4.17. The first-order valence-corrected chi connectivity index (χ1v) is 7.15. The molecule has 2 N–H and O–H groups in total. The van der Waals surface area contributed by atoms with E-state index in [1.165, 1.54) is 12.8 Å². The zero-order chi connectivity index (χ0) is 14.0.